The summed E-state index contributed by atoms with van der Waals surface area (Å²) in [6.45, 7) is 6.57. The van der Waals surface area contributed by atoms with E-state index >= 15 is 0 Å². The van der Waals surface area contributed by atoms with E-state index in [4.69, 9.17) is 9.97 Å². The Balaban J connectivity index is 1.59. The van der Waals surface area contributed by atoms with E-state index in [2.05, 4.69) is 90.0 Å². The van der Waals surface area contributed by atoms with Gasteiger partial charge in [0.15, 0.2) is 11.0 Å². The first kappa shape index (κ1) is 20.6. The molecule has 0 aliphatic rings. The third-order valence-electron chi connectivity index (χ3n) is 7.56. The van der Waals surface area contributed by atoms with Crippen LogP contribution in [0.2, 0.25) is 0 Å². The molecule has 35 heavy (non-hydrogen) atoms. The molecule has 0 fully saturated rings. The van der Waals surface area contributed by atoms with E-state index in [0.29, 0.717) is 0 Å². The Morgan fingerprint density at radius 1 is 0.743 bits per heavy atom. The second kappa shape index (κ2) is 7.88. The molecule has 4 nitrogen and oxygen atoms in total. The number of nitrogens with zero attached hydrogens (tertiary/aromatic N) is 4. The molecule has 2 heterocycles. The molecule has 0 N–H and O–H groups in total. The zero-order valence-corrected chi connectivity index (χ0v) is 20.4. The molecular weight excluding hydrogens is 428 g/mol. The Morgan fingerprint density at radius 3 is 2.00 bits per heavy atom. The monoisotopic (exact) mass is 457 g/mol. The first-order valence-corrected chi connectivity index (χ1v) is 13.0. The molecule has 2 aromatic heterocycles. The summed E-state index contributed by atoms with van der Waals surface area (Å²) in [4.78, 5) is 10.6. The summed E-state index contributed by atoms with van der Waals surface area (Å²) >= 11 is 0. The van der Waals surface area contributed by atoms with Gasteiger partial charge in [0.2, 0.25) is 6.33 Å². The molecule has 4 heteroatoms. The van der Waals surface area contributed by atoms with Gasteiger partial charge in [0.1, 0.15) is 0 Å². The van der Waals surface area contributed by atoms with Crippen molar-refractivity contribution in [1.29, 1.82) is 0 Å². The molecule has 0 aliphatic carbocycles. The van der Waals surface area contributed by atoms with Crippen LogP contribution in [-0.2, 0) is 13.1 Å². The SMILES string of the molecule is CCCCn1c[n+](CCCC)c2cc3nc4c5cccc6ccc7cccc(c4nc3cc21)c7c65. The van der Waals surface area contributed by atoms with Crippen molar-refractivity contribution in [3.8, 4) is 0 Å². The molecule has 172 valence electrons. The molecule has 0 saturated carbocycles. The van der Waals surface area contributed by atoms with Crippen LogP contribution < -0.4 is 4.57 Å². The van der Waals surface area contributed by atoms with Crippen molar-refractivity contribution >= 4 is 65.4 Å². The lowest BCUT2D eigenvalue weighted by Gasteiger charge is -2.13. The zero-order chi connectivity index (χ0) is 23.5. The molecule has 7 aromatic rings. The maximum atomic E-state index is 5.28. The van der Waals surface area contributed by atoms with E-state index in [1.165, 1.54) is 69.0 Å². The van der Waals surface area contributed by atoms with Crippen LogP contribution in [0.3, 0.4) is 0 Å². The number of benzene rings is 5. The average Bonchev–Trinajstić information content (AvgIpc) is 3.23. The van der Waals surface area contributed by atoms with E-state index in [1.807, 2.05) is 0 Å². The molecule has 0 amide bonds. The third-order valence-corrected chi connectivity index (χ3v) is 7.56. The Hall–Kier alpha value is -3.79. The largest absolute Gasteiger partial charge is 0.244 e. The predicted octanol–water partition coefficient (Wildman–Crippen LogP) is 7.52. The second-order valence-corrected chi connectivity index (χ2v) is 9.83. The predicted molar refractivity (Wildman–Crippen MR) is 146 cm³/mol. The second-order valence-electron chi connectivity index (χ2n) is 9.83. The van der Waals surface area contributed by atoms with E-state index in [1.54, 1.807) is 0 Å². The van der Waals surface area contributed by atoms with Gasteiger partial charge < -0.3 is 0 Å². The van der Waals surface area contributed by atoms with E-state index < -0.39 is 0 Å². The fraction of sp³-hybridized carbons (Fsp3) is 0.258. The Labute approximate surface area is 204 Å². The Bertz CT molecular complexity index is 1740. The van der Waals surface area contributed by atoms with Crippen LogP contribution in [0.15, 0.2) is 67.0 Å². The Morgan fingerprint density at radius 2 is 1.37 bits per heavy atom. The summed E-state index contributed by atoms with van der Waals surface area (Å²) in [6, 6.07) is 22.1. The molecule has 5 aromatic carbocycles. The number of imidazole rings is 1. The van der Waals surface area contributed by atoms with Crippen molar-refractivity contribution < 1.29 is 4.57 Å². The maximum Gasteiger partial charge on any atom is 0.244 e. The molecule has 0 bridgehead atoms. The van der Waals surface area contributed by atoms with Crippen LogP contribution in [0.1, 0.15) is 39.5 Å². The number of fused-ring (bicyclic) bond motifs is 5. The normalized spacial score (nSPS) is 12.4. The van der Waals surface area contributed by atoms with Gasteiger partial charge in [-0.25, -0.2) is 19.1 Å². The van der Waals surface area contributed by atoms with Crippen LogP contribution in [0.25, 0.3) is 65.4 Å². The summed E-state index contributed by atoms with van der Waals surface area (Å²) < 4.78 is 4.82. The highest BCUT2D eigenvalue weighted by molar-refractivity contribution is 6.32. The molecule has 0 saturated heterocycles. The van der Waals surface area contributed by atoms with E-state index in [-0.39, 0.29) is 0 Å². The number of hydrogen-bond acceptors (Lipinski definition) is 2. The number of unbranched alkanes of at least 4 members (excludes halogenated alkanes) is 2. The van der Waals surface area contributed by atoms with Crippen molar-refractivity contribution in [3.63, 3.8) is 0 Å². The Kier molecular flexibility index (Phi) is 4.63. The summed E-state index contributed by atoms with van der Waals surface area (Å²) in [5, 5.41) is 7.50. The van der Waals surface area contributed by atoms with Crippen molar-refractivity contribution in [3.05, 3.63) is 67.0 Å². The highest BCUT2D eigenvalue weighted by Gasteiger charge is 2.20. The molecule has 0 unspecified atom stereocenters. The van der Waals surface area contributed by atoms with E-state index in [0.717, 1.165) is 35.2 Å². The lowest BCUT2D eigenvalue weighted by molar-refractivity contribution is -0.672. The molecular formula is C31H29N4+. The first-order valence-electron chi connectivity index (χ1n) is 13.0. The lowest BCUT2D eigenvalue weighted by atomic mass is 9.93. The fourth-order valence-electron chi connectivity index (χ4n) is 5.77. The van der Waals surface area contributed by atoms with Crippen LogP contribution >= 0.6 is 0 Å². The minimum Gasteiger partial charge on any atom is -0.244 e. The van der Waals surface area contributed by atoms with Crippen molar-refractivity contribution in [1.82, 2.24) is 14.5 Å². The topological polar surface area (TPSA) is 34.6 Å². The maximum absolute atomic E-state index is 5.28. The van der Waals surface area contributed by atoms with E-state index in [9.17, 15) is 0 Å². The van der Waals surface area contributed by atoms with Gasteiger partial charge in [0.25, 0.3) is 0 Å². The highest BCUT2D eigenvalue weighted by atomic mass is 15.1. The van der Waals surface area contributed by atoms with Crippen molar-refractivity contribution in [2.75, 3.05) is 0 Å². The van der Waals surface area contributed by atoms with Gasteiger partial charge in [-0.2, -0.15) is 0 Å². The minimum absolute atomic E-state index is 0.971. The van der Waals surface area contributed by atoms with Gasteiger partial charge >= 0.3 is 0 Å². The third kappa shape index (κ3) is 3.02. The van der Waals surface area contributed by atoms with Crippen LogP contribution in [0, 0.1) is 0 Å². The lowest BCUT2D eigenvalue weighted by Crippen LogP contribution is -2.32. The molecule has 0 atom stereocenters. The summed E-state index contributed by atoms with van der Waals surface area (Å²) in [6.07, 6.45) is 7.02. The average molecular weight is 458 g/mol. The summed E-state index contributed by atoms with van der Waals surface area (Å²) in [7, 11) is 0. The summed E-state index contributed by atoms with van der Waals surface area (Å²) in [5.74, 6) is 0. The number of rotatable bonds is 6. The van der Waals surface area contributed by atoms with Crippen LogP contribution in [0.5, 0.6) is 0 Å². The molecule has 0 spiro atoms. The number of aromatic nitrogens is 4. The van der Waals surface area contributed by atoms with Gasteiger partial charge in [-0.1, -0.05) is 75.2 Å². The summed E-state index contributed by atoms with van der Waals surface area (Å²) in [5.41, 5.74) is 6.45. The quantitative estimate of drug-likeness (QED) is 0.147. The number of hydrogen-bond donors (Lipinski definition) is 0. The standard InChI is InChI=1S/C31H29N4/c1-3-5-15-34-19-35(16-6-4-2)27-18-25-24(17-26(27)34)32-30-22-11-7-9-20-13-14-21-10-8-12-23(31(30)33-25)29(21)28(20)22/h7-14,17-19H,3-6,15-16H2,1-2H3/q+1. The van der Waals surface area contributed by atoms with Crippen molar-refractivity contribution in [2.24, 2.45) is 0 Å². The highest BCUT2D eigenvalue weighted by Crippen LogP contribution is 2.39. The molecule has 0 radical (unpaired) electrons. The number of aryl methyl sites for hydroxylation is 2. The van der Waals surface area contributed by atoms with Crippen LogP contribution in [0.4, 0.5) is 0 Å². The molecule has 0 aliphatic heterocycles. The van der Waals surface area contributed by atoms with Gasteiger partial charge in [-0.3, -0.25) is 0 Å². The van der Waals surface area contributed by atoms with Gasteiger partial charge in [0.05, 0.1) is 35.2 Å². The molecule has 7 rings (SSSR count). The first-order chi connectivity index (χ1) is 17.3. The fourth-order valence-corrected chi connectivity index (χ4v) is 5.77. The smallest absolute Gasteiger partial charge is 0.244 e. The van der Waals surface area contributed by atoms with Gasteiger partial charge in [-0.15, -0.1) is 0 Å². The van der Waals surface area contributed by atoms with Gasteiger partial charge in [-0.05, 0) is 34.4 Å². The zero-order valence-electron chi connectivity index (χ0n) is 20.4. The van der Waals surface area contributed by atoms with Crippen molar-refractivity contribution in [2.45, 2.75) is 52.6 Å². The van der Waals surface area contributed by atoms with Gasteiger partial charge in [0, 0.05) is 22.9 Å². The minimum atomic E-state index is 0.971. The van der Waals surface area contributed by atoms with Crippen LogP contribution in [-0.4, -0.2) is 14.5 Å².